The van der Waals surface area contributed by atoms with E-state index in [1.165, 1.54) is 32.4 Å². The van der Waals surface area contributed by atoms with Crippen molar-refractivity contribution in [2.75, 3.05) is 12.4 Å². The zero-order chi connectivity index (χ0) is 15.2. The van der Waals surface area contributed by atoms with Crippen molar-refractivity contribution in [1.29, 1.82) is 0 Å². The van der Waals surface area contributed by atoms with Gasteiger partial charge in [0.05, 0.1) is 18.1 Å². The molecule has 1 saturated carbocycles. The van der Waals surface area contributed by atoms with Crippen LogP contribution >= 0.6 is 12.2 Å². The van der Waals surface area contributed by atoms with Gasteiger partial charge in [-0.2, -0.15) is 0 Å². The van der Waals surface area contributed by atoms with Crippen LogP contribution < -0.4 is 15.4 Å². The molecule has 6 nitrogen and oxygen atoms in total. The third kappa shape index (κ3) is 4.29. The van der Waals surface area contributed by atoms with Crippen LogP contribution in [0.1, 0.15) is 32.1 Å². The first kappa shape index (κ1) is 15.5. The Hall–Kier alpha value is -1.89. The van der Waals surface area contributed by atoms with Crippen LogP contribution in [0.2, 0.25) is 0 Å². The van der Waals surface area contributed by atoms with Crippen molar-refractivity contribution in [3.63, 3.8) is 0 Å². The van der Waals surface area contributed by atoms with Gasteiger partial charge < -0.3 is 15.4 Å². The highest BCUT2D eigenvalue weighted by atomic mass is 32.1. The Morgan fingerprint density at radius 3 is 2.71 bits per heavy atom. The molecular weight excluding hydrogens is 290 g/mol. The molecule has 7 heteroatoms. The number of nitrogens with zero attached hydrogens (tertiary/aromatic N) is 1. The lowest BCUT2D eigenvalue weighted by Crippen LogP contribution is -2.38. The molecule has 1 aromatic carbocycles. The summed E-state index contributed by atoms with van der Waals surface area (Å²) in [5.41, 5.74) is 0.316. The number of hydrogen-bond donors (Lipinski definition) is 2. The van der Waals surface area contributed by atoms with Gasteiger partial charge in [0.2, 0.25) is 0 Å². The Morgan fingerprint density at radius 1 is 1.38 bits per heavy atom. The van der Waals surface area contributed by atoms with Gasteiger partial charge in [0, 0.05) is 6.04 Å². The highest BCUT2D eigenvalue weighted by Crippen LogP contribution is 2.29. The molecule has 0 atom stereocenters. The summed E-state index contributed by atoms with van der Waals surface area (Å²) in [6.07, 6.45) is 5.84. The van der Waals surface area contributed by atoms with Crippen LogP contribution in [0.4, 0.5) is 11.4 Å². The minimum Gasteiger partial charge on any atom is -0.496 e. The first-order chi connectivity index (χ1) is 10.1. The first-order valence-electron chi connectivity index (χ1n) is 7.00. The summed E-state index contributed by atoms with van der Waals surface area (Å²) < 4.78 is 5.01. The molecule has 2 rings (SSSR count). The molecule has 0 saturated heterocycles. The van der Waals surface area contributed by atoms with Gasteiger partial charge in [-0.05, 0) is 37.2 Å². The second kappa shape index (κ2) is 7.21. The fraction of sp³-hybridized carbons (Fsp3) is 0.500. The maximum absolute atomic E-state index is 11.1. The molecule has 0 unspecified atom stereocenters. The van der Waals surface area contributed by atoms with Crippen LogP contribution in [0.3, 0.4) is 0 Å². The van der Waals surface area contributed by atoms with Gasteiger partial charge >= 0.3 is 0 Å². The molecule has 1 fully saturated rings. The Morgan fingerprint density at radius 2 is 2.10 bits per heavy atom. The van der Waals surface area contributed by atoms with Crippen LogP contribution in [-0.2, 0) is 0 Å². The third-order valence-electron chi connectivity index (χ3n) is 3.59. The van der Waals surface area contributed by atoms with Crippen molar-refractivity contribution in [2.24, 2.45) is 0 Å². The minimum atomic E-state index is -0.450. The largest absolute Gasteiger partial charge is 0.496 e. The van der Waals surface area contributed by atoms with Crippen molar-refractivity contribution >= 4 is 28.7 Å². The molecule has 0 aromatic heterocycles. The number of rotatable bonds is 4. The predicted molar refractivity (Wildman–Crippen MR) is 85.9 cm³/mol. The monoisotopic (exact) mass is 309 g/mol. The third-order valence-corrected chi connectivity index (χ3v) is 3.81. The minimum absolute atomic E-state index is 0.0536. The fourth-order valence-electron chi connectivity index (χ4n) is 2.49. The van der Waals surface area contributed by atoms with Crippen LogP contribution in [0.15, 0.2) is 18.2 Å². The van der Waals surface area contributed by atoms with E-state index in [4.69, 9.17) is 17.0 Å². The van der Waals surface area contributed by atoms with E-state index in [0.717, 1.165) is 12.8 Å². The smallest absolute Gasteiger partial charge is 0.296 e. The van der Waals surface area contributed by atoms with E-state index in [-0.39, 0.29) is 5.69 Å². The molecule has 0 aliphatic heterocycles. The first-order valence-corrected chi connectivity index (χ1v) is 7.41. The zero-order valence-corrected chi connectivity index (χ0v) is 12.7. The number of hydrogen-bond acceptors (Lipinski definition) is 4. The lowest BCUT2D eigenvalue weighted by atomic mass is 9.96. The van der Waals surface area contributed by atoms with E-state index < -0.39 is 4.92 Å². The molecule has 0 spiro atoms. The molecule has 1 aliphatic carbocycles. The number of anilines is 1. The zero-order valence-electron chi connectivity index (χ0n) is 11.9. The van der Waals surface area contributed by atoms with Crippen LogP contribution in [0.25, 0.3) is 0 Å². The number of benzene rings is 1. The topological polar surface area (TPSA) is 76.4 Å². The second-order valence-corrected chi connectivity index (χ2v) is 5.48. The summed E-state index contributed by atoms with van der Waals surface area (Å²) in [6, 6.07) is 5.01. The van der Waals surface area contributed by atoms with Crippen molar-refractivity contribution in [2.45, 2.75) is 38.1 Å². The Balaban J connectivity index is 2.04. The molecule has 1 aromatic rings. The van der Waals surface area contributed by atoms with Crippen LogP contribution in [0, 0.1) is 10.1 Å². The van der Waals surface area contributed by atoms with Gasteiger partial charge in [-0.3, -0.25) is 10.1 Å². The van der Waals surface area contributed by atoms with Gasteiger partial charge in [-0.25, -0.2) is 0 Å². The second-order valence-electron chi connectivity index (χ2n) is 5.07. The number of nitro benzene ring substituents is 1. The highest BCUT2D eigenvalue weighted by Gasteiger charge is 2.18. The van der Waals surface area contributed by atoms with Crippen molar-refractivity contribution in [3.8, 4) is 5.75 Å². The van der Waals surface area contributed by atoms with E-state index in [2.05, 4.69) is 10.6 Å². The fourth-order valence-corrected chi connectivity index (χ4v) is 2.76. The summed E-state index contributed by atoms with van der Waals surface area (Å²) in [6.45, 7) is 0. The van der Waals surface area contributed by atoms with Crippen molar-refractivity contribution in [1.82, 2.24) is 5.32 Å². The van der Waals surface area contributed by atoms with E-state index in [1.807, 2.05) is 0 Å². The molecule has 0 radical (unpaired) electrons. The van der Waals surface area contributed by atoms with Crippen LogP contribution in [0.5, 0.6) is 5.75 Å². The Kier molecular flexibility index (Phi) is 5.32. The summed E-state index contributed by atoms with van der Waals surface area (Å²) in [4.78, 5) is 10.7. The summed E-state index contributed by atoms with van der Waals surface area (Å²) in [5, 5.41) is 17.7. The van der Waals surface area contributed by atoms with E-state index in [9.17, 15) is 10.1 Å². The summed E-state index contributed by atoms with van der Waals surface area (Å²) in [7, 11) is 1.47. The number of nitrogens with one attached hydrogen (secondary N) is 2. The quantitative estimate of drug-likeness (QED) is 0.505. The SMILES string of the molecule is COc1ccc(NC(=S)NC2CCCCC2)c([N+](=O)[O-])c1. The van der Waals surface area contributed by atoms with Crippen molar-refractivity contribution in [3.05, 3.63) is 28.3 Å². The highest BCUT2D eigenvalue weighted by molar-refractivity contribution is 7.80. The Labute approximate surface area is 129 Å². The molecule has 2 N–H and O–H groups in total. The molecule has 0 bridgehead atoms. The molecule has 0 amide bonds. The van der Waals surface area contributed by atoms with E-state index >= 15 is 0 Å². The lowest BCUT2D eigenvalue weighted by Gasteiger charge is -2.24. The number of nitro groups is 1. The predicted octanol–water partition coefficient (Wildman–Crippen LogP) is 3.22. The lowest BCUT2D eigenvalue weighted by molar-refractivity contribution is -0.384. The van der Waals surface area contributed by atoms with Gasteiger partial charge in [-0.15, -0.1) is 0 Å². The van der Waals surface area contributed by atoms with E-state index in [0.29, 0.717) is 22.6 Å². The van der Waals surface area contributed by atoms with E-state index in [1.54, 1.807) is 12.1 Å². The van der Waals surface area contributed by atoms with Crippen LogP contribution in [-0.4, -0.2) is 23.2 Å². The van der Waals surface area contributed by atoms with Crippen molar-refractivity contribution < 1.29 is 9.66 Å². The molecular formula is C14H19N3O3S. The molecule has 1 aliphatic rings. The average molecular weight is 309 g/mol. The molecule has 0 heterocycles. The molecule has 21 heavy (non-hydrogen) atoms. The van der Waals surface area contributed by atoms with Gasteiger partial charge in [0.25, 0.3) is 5.69 Å². The summed E-state index contributed by atoms with van der Waals surface area (Å²) >= 11 is 5.25. The maximum atomic E-state index is 11.1. The number of thiocarbonyl (C=S) groups is 1. The standard InChI is InChI=1S/C14H19N3O3S/c1-20-11-7-8-12(13(9-11)17(18)19)16-14(21)15-10-5-3-2-4-6-10/h7-10H,2-6H2,1H3,(H2,15,16,21). The van der Waals surface area contributed by atoms with Gasteiger partial charge in [0.15, 0.2) is 5.11 Å². The Bertz CT molecular complexity index is 530. The average Bonchev–Trinajstić information content (AvgIpc) is 2.48. The normalized spacial score (nSPS) is 15.3. The van der Waals surface area contributed by atoms with Gasteiger partial charge in [0.1, 0.15) is 11.4 Å². The number of ether oxygens (including phenoxy) is 1. The van der Waals surface area contributed by atoms with Gasteiger partial charge in [-0.1, -0.05) is 19.3 Å². The maximum Gasteiger partial charge on any atom is 0.296 e. The molecule has 114 valence electrons. The number of methoxy groups -OCH3 is 1. The summed E-state index contributed by atoms with van der Waals surface area (Å²) in [5.74, 6) is 0.443.